The molecule has 0 aliphatic carbocycles. The zero-order valence-electron chi connectivity index (χ0n) is 60.6. The van der Waals surface area contributed by atoms with E-state index in [4.69, 9.17) is 84.8 Å². The molecule has 18 nitrogen and oxygen atoms in total. The SMILES string of the molecule is CC(C)N(C(=O)c1ccc(Cl)cc1Cl)c1cc(C#CC(C)(C)C)sc1C(=O)O.COC(=O)c1sc(Br)cc1N.COC(=O)c1sc(Br)cc1N(C(=O)c1ccc(Cl)cc1Cl)C(C)C.COC(=O)c1sc(Br)cc1NC(C)C.COC(=O)c1sc(C#CC(C)(C)C)cc1N(C(=O)c1ccc(Cl)cc1Cl)C(C)C. The zero-order chi connectivity index (χ0) is 80.3. The molecule has 0 aliphatic heterocycles. The Bertz CT molecular complexity index is 4660. The van der Waals surface area contributed by atoms with Crippen LogP contribution in [0.15, 0.2) is 96.3 Å². The number of carboxylic acid groups (broad SMARTS) is 1. The summed E-state index contributed by atoms with van der Waals surface area (Å²) in [6, 6.07) is 22.2. The monoisotopic (exact) mass is 1850 g/mol. The van der Waals surface area contributed by atoms with Gasteiger partial charge in [-0.25, -0.2) is 24.0 Å². The highest BCUT2D eigenvalue weighted by Crippen LogP contribution is 2.40. The molecule has 0 spiro atoms. The number of halogens is 9. The van der Waals surface area contributed by atoms with Gasteiger partial charge in [-0.15, -0.1) is 56.7 Å². The van der Waals surface area contributed by atoms with Gasteiger partial charge in [0.15, 0.2) is 0 Å². The van der Waals surface area contributed by atoms with E-state index in [0.717, 1.165) is 28.4 Å². The Hall–Kier alpha value is -6.18. The average molecular weight is 1860 g/mol. The van der Waals surface area contributed by atoms with E-state index in [9.17, 15) is 43.5 Å². The number of carbonyl (C=O) groups excluding carboxylic acids is 7. The van der Waals surface area contributed by atoms with E-state index < -0.39 is 29.8 Å². The Balaban J connectivity index is 0.000000291. The molecule has 568 valence electrons. The van der Waals surface area contributed by atoms with Crippen molar-refractivity contribution in [1.29, 1.82) is 0 Å². The smallest absolute Gasteiger partial charge is 0.350 e. The molecule has 4 N–H and O–H groups in total. The number of hydrogen-bond donors (Lipinski definition) is 3. The van der Waals surface area contributed by atoms with Crippen LogP contribution in [0.5, 0.6) is 0 Å². The third-order valence-corrected chi connectivity index (χ3v) is 21.8. The lowest BCUT2D eigenvalue weighted by molar-refractivity contribution is 0.0597. The number of nitrogen functional groups attached to an aromatic ring is 1. The van der Waals surface area contributed by atoms with Crippen LogP contribution in [0, 0.1) is 34.5 Å². The summed E-state index contributed by atoms with van der Waals surface area (Å²) < 4.78 is 21.4. The Labute approximate surface area is 692 Å². The molecule has 3 amide bonds. The molecule has 0 fully saturated rings. The van der Waals surface area contributed by atoms with E-state index in [-0.39, 0.29) is 72.2 Å². The number of carbonyl (C=O) groups is 8. The van der Waals surface area contributed by atoms with Crippen LogP contribution < -0.4 is 25.8 Å². The number of carboxylic acids is 1. The summed E-state index contributed by atoms with van der Waals surface area (Å²) in [6.45, 7) is 27.0. The molecule has 0 saturated carbocycles. The number of aromatic carboxylic acids is 1. The number of rotatable bonds is 16. The lowest BCUT2D eigenvalue weighted by Gasteiger charge is -2.27. The fraction of sp³-hybridized carbons (Fsp3) is 0.324. The van der Waals surface area contributed by atoms with Crippen LogP contribution in [0.25, 0.3) is 0 Å². The van der Waals surface area contributed by atoms with Gasteiger partial charge in [-0.05, 0) is 230 Å². The van der Waals surface area contributed by atoms with Crippen LogP contribution in [-0.4, -0.2) is 105 Å². The first-order chi connectivity index (χ1) is 49.3. The van der Waals surface area contributed by atoms with E-state index in [1.165, 1.54) is 113 Å². The number of nitrogens with two attached hydrogens (primary N) is 1. The Morgan fingerprint density at radius 2 is 0.745 bits per heavy atom. The van der Waals surface area contributed by atoms with Gasteiger partial charge in [-0.1, -0.05) is 93.3 Å². The molecule has 5 aromatic heterocycles. The number of methoxy groups -OCH3 is 4. The van der Waals surface area contributed by atoms with Crippen molar-refractivity contribution in [3.05, 3.63) is 177 Å². The van der Waals surface area contributed by atoms with Gasteiger partial charge in [-0.3, -0.25) is 14.4 Å². The normalized spacial score (nSPS) is 10.8. The standard InChI is InChI=1S/C22H23Cl2NO3S.C21H21Cl2NO3S.C16H14BrCl2NO3S.C9H12BrNO2S.C6H6BrNO2S/c1-13(2)25(20(26)16-8-7-14(23)11-17(16)24)18-12-15(9-10-22(3,4)5)29-19(18)21(27)28-6;1-12(2)24(19(25)15-7-6-13(22)10-16(15)23)17-11-14(8-9-21(3,4)5)28-18(17)20(26)27;1-8(2)20(12-7-13(17)24-14(12)16(22)23-3)15(21)10-5-4-9(18)6-11(10)19;1-5(2)11-6-4-7(10)14-8(6)9(12)13-3;1-10-6(9)5-3(8)2-4(7)11-5/h7-8,11-13H,1-6H3;6-7,10-12H,1-5H3,(H,26,27);4-8H,1-3H3;4-5,11H,1-3H3;2H,8H2,1H3. The summed E-state index contributed by atoms with van der Waals surface area (Å²) in [4.78, 5) is 106. The summed E-state index contributed by atoms with van der Waals surface area (Å²) in [5, 5.41) is 14.9. The third kappa shape index (κ3) is 26.8. The molecule has 8 aromatic rings. The van der Waals surface area contributed by atoms with Crippen LogP contribution in [0.4, 0.5) is 28.4 Å². The van der Waals surface area contributed by atoms with Crippen molar-refractivity contribution < 1.29 is 62.4 Å². The first-order valence-corrected chi connectivity index (χ1v) is 40.2. The number of hydrogen-bond acceptors (Lipinski definition) is 19. The van der Waals surface area contributed by atoms with Gasteiger partial charge in [0.1, 0.15) is 24.4 Å². The highest BCUT2D eigenvalue weighted by atomic mass is 79.9. The molecule has 0 atom stereocenters. The number of anilines is 5. The highest BCUT2D eigenvalue weighted by Gasteiger charge is 2.33. The molecule has 8 rings (SSSR count). The zero-order valence-corrected chi connectivity index (χ0v) is 74.0. The van der Waals surface area contributed by atoms with Gasteiger partial charge in [-0.2, -0.15) is 0 Å². The minimum Gasteiger partial charge on any atom is -0.477 e. The summed E-state index contributed by atoms with van der Waals surface area (Å²) in [5.41, 5.74) is 8.46. The summed E-state index contributed by atoms with van der Waals surface area (Å²) >= 11 is 52.4. The van der Waals surface area contributed by atoms with Crippen molar-refractivity contribution in [3.8, 4) is 23.7 Å². The molecule has 0 bridgehead atoms. The Kier molecular flexibility index (Phi) is 36.2. The van der Waals surface area contributed by atoms with Crippen LogP contribution >= 0.6 is 174 Å². The summed E-state index contributed by atoms with van der Waals surface area (Å²) in [5.74, 6) is 8.49. The molecule has 106 heavy (non-hydrogen) atoms. The molecule has 32 heteroatoms. The third-order valence-electron chi connectivity index (χ3n) is 13.3. The lowest BCUT2D eigenvalue weighted by Crippen LogP contribution is -2.37. The second kappa shape index (κ2) is 41.6. The number of nitrogens with zero attached hydrogens (tertiary/aromatic N) is 3. The Morgan fingerprint density at radius 3 is 1.07 bits per heavy atom. The van der Waals surface area contributed by atoms with Gasteiger partial charge in [0.05, 0.1) is 110 Å². The minimum absolute atomic E-state index is 0.0605. The molecule has 5 heterocycles. The Morgan fingerprint density at radius 1 is 0.443 bits per heavy atom. The highest BCUT2D eigenvalue weighted by molar-refractivity contribution is 9.11. The maximum absolute atomic E-state index is 13.3. The topological polar surface area (TPSA) is 241 Å². The number of esters is 4. The van der Waals surface area contributed by atoms with Gasteiger partial charge >= 0.3 is 29.8 Å². The van der Waals surface area contributed by atoms with E-state index in [1.807, 2.05) is 103 Å². The van der Waals surface area contributed by atoms with E-state index in [0.29, 0.717) is 84.2 Å². The van der Waals surface area contributed by atoms with Gasteiger partial charge < -0.3 is 49.8 Å². The molecular formula is C74H76Br3Cl6N5O13S5. The second-order valence-corrected chi connectivity index (χ2v) is 37.2. The second-order valence-electron chi connectivity index (χ2n) is 25.3. The van der Waals surface area contributed by atoms with Gasteiger partial charge in [0, 0.05) is 50.1 Å². The summed E-state index contributed by atoms with van der Waals surface area (Å²) in [6.07, 6.45) is 0. The predicted octanol–water partition coefficient (Wildman–Crippen LogP) is 23.2. The molecular weight excluding hydrogens is 1780 g/mol. The minimum atomic E-state index is -1.11. The number of thiophene rings is 5. The molecule has 0 saturated heterocycles. The van der Waals surface area contributed by atoms with Crippen molar-refractivity contribution in [3.63, 3.8) is 0 Å². The predicted molar refractivity (Wildman–Crippen MR) is 448 cm³/mol. The van der Waals surface area contributed by atoms with Crippen LogP contribution in [0.2, 0.25) is 30.1 Å². The van der Waals surface area contributed by atoms with Gasteiger partial charge in [0.2, 0.25) is 0 Å². The molecule has 0 unspecified atom stereocenters. The number of benzene rings is 3. The number of nitrogens with one attached hydrogen (secondary N) is 1. The van der Waals surface area contributed by atoms with E-state index in [1.54, 1.807) is 54.6 Å². The first-order valence-electron chi connectivity index (χ1n) is 31.5. The molecule has 3 aromatic carbocycles. The lowest BCUT2D eigenvalue weighted by atomic mass is 9.98. The van der Waals surface area contributed by atoms with Gasteiger partial charge in [0.25, 0.3) is 17.7 Å². The quantitative estimate of drug-likeness (QED) is 0.0463. The maximum Gasteiger partial charge on any atom is 0.350 e. The maximum atomic E-state index is 13.3. The first kappa shape index (κ1) is 92.2. The van der Waals surface area contributed by atoms with E-state index >= 15 is 0 Å². The van der Waals surface area contributed by atoms with Crippen LogP contribution in [-0.2, 0) is 18.9 Å². The average Bonchev–Trinajstić information content (AvgIpc) is 1.56. The fourth-order valence-corrected chi connectivity index (χ4v) is 16.5. The number of amides is 3. The largest absolute Gasteiger partial charge is 0.477 e. The molecule has 0 radical (unpaired) electrons. The summed E-state index contributed by atoms with van der Waals surface area (Å²) in [7, 11) is 5.33. The fourth-order valence-electron chi connectivity index (χ4n) is 8.80. The van der Waals surface area contributed by atoms with Crippen molar-refractivity contribution in [2.45, 2.75) is 121 Å². The van der Waals surface area contributed by atoms with Crippen molar-refractivity contribution in [2.24, 2.45) is 10.8 Å². The van der Waals surface area contributed by atoms with Crippen molar-refractivity contribution in [2.75, 3.05) is 54.2 Å². The molecule has 0 aliphatic rings. The van der Waals surface area contributed by atoms with Crippen LogP contribution in [0.3, 0.4) is 0 Å². The van der Waals surface area contributed by atoms with Crippen LogP contribution in [0.1, 0.15) is 186 Å². The van der Waals surface area contributed by atoms with E-state index in [2.05, 4.69) is 86.3 Å². The number of ether oxygens (including phenoxy) is 4. The van der Waals surface area contributed by atoms with Crippen molar-refractivity contribution in [1.82, 2.24) is 0 Å². The van der Waals surface area contributed by atoms with Crippen molar-refractivity contribution >= 4 is 250 Å².